The lowest BCUT2D eigenvalue weighted by Crippen LogP contribution is -2.37. The molecule has 0 saturated carbocycles. The van der Waals surface area contributed by atoms with Crippen molar-refractivity contribution >= 4 is 11.8 Å². The van der Waals surface area contributed by atoms with E-state index in [1.54, 1.807) is 0 Å². The molecule has 1 N–H and O–H groups in total. The highest BCUT2D eigenvalue weighted by molar-refractivity contribution is 5.77. The molecule has 2 aromatic heterocycles. The van der Waals surface area contributed by atoms with Gasteiger partial charge in [-0.15, -0.1) is 0 Å². The Balaban J connectivity index is 1.30. The smallest absolute Gasteiger partial charge is 0.224 e. The normalized spacial score (nSPS) is 12.8. The van der Waals surface area contributed by atoms with Gasteiger partial charge in [-0.1, -0.05) is 18.2 Å². The standard InChI is InChI=1S/C27H33N5O3/c1-19-15-20(2)32(30-19)13-10-27(34)31-12-9-24-22(18-31)16-28-21(3)25(24)17-29-26(33)11-14-35-23-7-5-4-6-8-23/h4-8,15-16H,9-14,17-18H2,1-3H3,(H,29,33). The number of benzene rings is 1. The van der Waals surface area contributed by atoms with E-state index in [-0.39, 0.29) is 18.2 Å². The minimum atomic E-state index is -0.0605. The first kappa shape index (κ1) is 24.4. The van der Waals surface area contributed by atoms with Gasteiger partial charge in [0.05, 0.1) is 18.7 Å². The maximum atomic E-state index is 12.9. The van der Waals surface area contributed by atoms with Crippen LogP contribution in [0.5, 0.6) is 5.75 Å². The Morgan fingerprint density at radius 3 is 2.66 bits per heavy atom. The molecule has 0 unspecified atom stereocenters. The zero-order valence-electron chi connectivity index (χ0n) is 20.7. The fourth-order valence-corrected chi connectivity index (χ4v) is 4.48. The van der Waals surface area contributed by atoms with Crippen molar-refractivity contribution < 1.29 is 14.3 Å². The van der Waals surface area contributed by atoms with E-state index in [9.17, 15) is 9.59 Å². The largest absolute Gasteiger partial charge is 0.493 e. The lowest BCUT2D eigenvalue weighted by molar-refractivity contribution is -0.132. The molecular weight excluding hydrogens is 442 g/mol. The summed E-state index contributed by atoms with van der Waals surface area (Å²) in [6.45, 7) is 8.48. The number of fused-ring (bicyclic) bond motifs is 1. The van der Waals surface area contributed by atoms with Gasteiger partial charge >= 0.3 is 0 Å². The highest BCUT2D eigenvalue weighted by atomic mass is 16.5. The summed E-state index contributed by atoms with van der Waals surface area (Å²) in [5, 5.41) is 7.45. The number of aryl methyl sites for hydroxylation is 4. The van der Waals surface area contributed by atoms with Gasteiger partial charge in [0.1, 0.15) is 5.75 Å². The summed E-state index contributed by atoms with van der Waals surface area (Å²) < 4.78 is 7.51. The first-order chi connectivity index (χ1) is 16.9. The Hall–Kier alpha value is -3.68. The van der Waals surface area contributed by atoms with Crippen LogP contribution in [-0.2, 0) is 35.6 Å². The molecule has 1 aliphatic heterocycles. The quantitative estimate of drug-likeness (QED) is 0.513. The molecule has 184 valence electrons. The van der Waals surface area contributed by atoms with Gasteiger partial charge in [-0.2, -0.15) is 5.10 Å². The molecule has 3 heterocycles. The maximum absolute atomic E-state index is 12.9. The molecule has 0 aliphatic carbocycles. The van der Waals surface area contributed by atoms with E-state index < -0.39 is 0 Å². The molecule has 8 nitrogen and oxygen atoms in total. The van der Waals surface area contributed by atoms with Gasteiger partial charge in [0, 0.05) is 50.2 Å². The van der Waals surface area contributed by atoms with Crippen LogP contribution in [0.15, 0.2) is 42.6 Å². The molecule has 0 spiro atoms. The van der Waals surface area contributed by atoms with Crippen LogP contribution in [-0.4, -0.2) is 44.6 Å². The molecule has 2 amide bonds. The average Bonchev–Trinajstić information content (AvgIpc) is 3.18. The molecule has 0 atom stereocenters. The maximum Gasteiger partial charge on any atom is 0.224 e. The third-order valence-electron chi connectivity index (χ3n) is 6.39. The van der Waals surface area contributed by atoms with Crippen LogP contribution in [0.4, 0.5) is 0 Å². The van der Waals surface area contributed by atoms with Crippen molar-refractivity contribution in [2.24, 2.45) is 0 Å². The van der Waals surface area contributed by atoms with Crippen LogP contribution in [0.1, 0.15) is 46.6 Å². The Morgan fingerprint density at radius 1 is 1.11 bits per heavy atom. The second-order valence-corrected chi connectivity index (χ2v) is 8.98. The third kappa shape index (κ3) is 6.26. The first-order valence-corrected chi connectivity index (χ1v) is 12.1. The number of amides is 2. The molecule has 1 aromatic carbocycles. The summed E-state index contributed by atoms with van der Waals surface area (Å²) in [7, 11) is 0. The van der Waals surface area contributed by atoms with Gasteiger partial charge in [-0.05, 0) is 62.1 Å². The van der Waals surface area contributed by atoms with Crippen LogP contribution in [0.2, 0.25) is 0 Å². The van der Waals surface area contributed by atoms with Crippen LogP contribution < -0.4 is 10.1 Å². The number of aromatic nitrogens is 3. The Kier molecular flexibility index (Phi) is 7.80. The minimum absolute atomic E-state index is 0.0605. The summed E-state index contributed by atoms with van der Waals surface area (Å²) in [5.74, 6) is 0.818. The summed E-state index contributed by atoms with van der Waals surface area (Å²) >= 11 is 0. The van der Waals surface area contributed by atoms with Crippen molar-refractivity contribution in [1.29, 1.82) is 0 Å². The summed E-state index contributed by atoms with van der Waals surface area (Å²) in [6.07, 6.45) is 3.33. The number of para-hydroxylation sites is 1. The van der Waals surface area contributed by atoms with Gasteiger partial charge in [-0.3, -0.25) is 19.3 Å². The molecule has 0 radical (unpaired) electrons. The molecule has 3 aromatic rings. The number of ether oxygens (including phenoxy) is 1. The topological polar surface area (TPSA) is 89.4 Å². The minimum Gasteiger partial charge on any atom is -0.493 e. The Labute approximate surface area is 206 Å². The van der Waals surface area contributed by atoms with E-state index in [0.717, 1.165) is 40.4 Å². The monoisotopic (exact) mass is 475 g/mol. The predicted octanol–water partition coefficient (Wildman–Crippen LogP) is 3.26. The molecule has 0 bridgehead atoms. The van der Waals surface area contributed by atoms with Crippen molar-refractivity contribution in [3.05, 3.63) is 76.4 Å². The summed E-state index contributed by atoms with van der Waals surface area (Å²) in [6, 6.07) is 11.5. The lowest BCUT2D eigenvalue weighted by Gasteiger charge is -2.30. The van der Waals surface area contributed by atoms with Crippen LogP contribution in [0, 0.1) is 20.8 Å². The van der Waals surface area contributed by atoms with Crippen LogP contribution >= 0.6 is 0 Å². The van der Waals surface area contributed by atoms with E-state index in [1.807, 2.05) is 72.9 Å². The van der Waals surface area contributed by atoms with Crippen LogP contribution in [0.25, 0.3) is 0 Å². The zero-order chi connectivity index (χ0) is 24.8. The fourth-order valence-electron chi connectivity index (χ4n) is 4.48. The van der Waals surface area contributed by atoms with Crippen molar-refractivity contribution in [2.75, 3.05) is 13.2 Å². The molecule has 0 fully saturated rings. The van der Waals surface area contributed by atoms with E-state index >= 15 is 0 Å². The number of hydrogen-bond donors (Lipinski definition) is 1. The first-order valence-electron chi connectivity index (χ1n) is 12.1. The molecule has 0 saturated heterocycles. The zero-order valence-corrected chi connectivity index (χ0v) is 20.7. The summed E-state index contributed by atoms with van der Waals surface area (Å²) in [4.78, 5) is 31.7. The Bertz CT molecular complexity index is 1190. The van der Waals surface area contributed by atoms with Gasteiger partial charge in [0.25, 0.3) is 0 Å². The van der Waals surface area contributed by atoms with Crippen molar-refractivity contribution in [1.82, 2.24) is 25.0 Å². The molecule has 8 heteroatoms. The molecule has 1 aliphatic rings. The second-order valence-electron chi connectivity index (χ2n) is 8.98. The van der Waals surface area contributed by atoms with Gasteiger partial charge in [-0.25, -0.2) is 0 Å². The van der Waals surface area contributed by atoms with Crippen LogP contribution in [0.3, 0.4) is 0 Å². The van der Waals surface area contributed by atoms with E-state index in [1.165, 1.54) is 5.56 Å². The number of hydrogen-bond acceptors (Lipinski definition) is 5. The predicted molar refractivity (Wildman–Crippen MR) is 133 cm³/mol. The SMILES string of the molecule is Cc1cc(C)n(CCC(=O)N2CCc3c(cnc(C)c3CNC(=O)CCOc3ccccc3)C2)n1. The molecule has 35 heavy (non-hydrogen) atoms. The number of nitrogens with one attached hydrogen (secondary N) is 1. The van der Waals surface area contributed by atoms with E-state index in [4.69, 9.17) is 4.74 Å². The number of rotatable bonds is 9. The second kappa shape index (κ2) is 11.2. The highest BCUT2D eigenvalue weighted by Crippen LogP contribution is 2.24. The lowest BCUT2D eigenvalue weighted by atomic mass is 9.94. The average molecular weight is 476 g/mol. The highest BCUT2D eigenvalue weighted by Gasteiger charge is 2.24. The third-order valence-corrected chi connectivity index (χ3v) is 6.39. The number of carbonyl (C=O) groups is 2. The van der Waals surface area contributed by atoms with Crippen molar-refractivity contribution in [2.45, 2.75) is 59.7 Å². The molecular formula is C27H33N5O3. The van der Waals surface area contributed by atoms with Gasteiger partial charge in [0.2, 0.25) is 11.8 Å². The van der Waals surface area contributed by atoms with Gasteiger partial charge < -0.3 is 15.0 Å². The van der Waals surface area contributed by atoms with Gasteiger partial charge in [0.15, 0.2) is 0 Å². The number of carbonyl (C=O) groups excluding carboxylic acids is 2. The van der Waals surface area contributed by atoms with Crippen molar-refractivity contribution in [3.63, 3.8) is 0 Å². The Morgan fingerprint density at radius 2 is 1.91 bits per heavy atom. The van der Waals surface area contributed by atoms with Crippen molar-refractivity contribution in [3.8, 4) is 5.75 Å². The number of nitrogens with zero attached hydrogens (tertiary/aromatic N) is 4. The number of pyridine rings is 1. The summed E-state index contributed by atoms with van der Waals surface area (Å²) in [5.41, 5.74) is 6.24. The van der Waals surface area contributed by atoms with E-state index in [0.29, 0.717) is 39.2 Å². The fraction of sp³-hybridized carbons (Fsp3) is 0.407. The molecule has 4 rings (SSSR count). The van der Waals surface area contributed by atoms with E-state index in [2.05, 4.69) is 15.4 Å².